The minimum atomic E-state index is -3.88. The van der Waals surface area contributed by atoms with E-state index < -0.39 is 39.5 Å². The highest BCUT2D eigenvalue weighted by Gasteiger charge is 2.36. The summed E-state index contributed by atoms with van der Waals surface area (Å²) in [5.41, 5.74) is -1.49. The molecule has 0 unspecified atom stereocenters. The highest BCUT2D eigenvalue weighted by Crippen LogP contribution is 2.19. The number of nitrogens with zero attached hydrogens (tertiary/aromatic N) is 2. The third-order valence-corrected chi connectivity index (χ3v) is 4.44. The van der Waals surface area contributed by atoms with Gasteiger partial charge in [-0.05, 0) is 48.5 Å². The van der Waals surface area contributed by atoms with Gasteiger partial charge in [0.1, 0.15) is 11.2 Å². The summed E-state index contributed by atoms with van der Waals surface area (Å²) in [6, 6.07) is 0. The average Bonchev–Trinajstić information content (AvgIpc) is 2.39. The normalized spacial score (nSPS) is 21.6. The fourth-order valence-corrected chi connectivity index (χ4v) is 3.21. The van der Waals surface area contributed by atoms with E-state index >= 15 is 0 Å². The maximum absolute atomic E-state index is 12.3. The van der Waals surface area contributed by atoms with E-state index in [0.717, 1.165) is 6.26 Å². The van der Waals surface area contributed by atoms with Crippen molar-refractivity contribution in [1.29, 1.82) is 0 Å². The number of hydrogen-bond acceptors (Lipinski definition) is 7. The van der Waals surface area contributed by atoms with Crippen LogP contribution in [0.3, 0.4) is 0 Å². The van der Waals surface area contributed by atoms with Crippen LogP contribution in [0.25, 0.3) is 0 Å². The van der Waals surface area contributed by atoms with Gasteiger partial charge in [0, 0.05) is 0 Å². The van der Waals surface area contributed by atoms with Gasteiger partial charge in [0.15, 0.2) is 0 Å². The molecular weight excluding hydrogens is 376 g/mol. The Labute approximate surface area is 162 Å². The lowest BCUT2D eigenvalue weighted by Crippen LogP contribution is -2.55. The van der Waals surface area contributed by atoms with Gasteiger partial charge in [0.05, 0.1) is 38.1 Å². The lowest BCUT2D eigenvalue weighted by molar-refractivity contribution is -0.0838. The lowest BCUT2D eigenvalue weighted by Gasteiger charge is -2.38. The molecule has 0 saturated carbocycles. The summed E-state index contributed by atoms with van der Waals surface area (Å²) in [5, 5.41) is 0. The molecule has 0 aliphatic carbocycles. The van der Waals surface area contributed by atoms with Crippen molar-refractivity contribution in [3.63, 3.8) is 0 Å². The topological polar surface area (TPSA) is 102 Å². The smallest absolute Gasteiger partial charge is 0.424 e. The number of carbonyl (C=O) groups is 2. The average molecular weight is 409 g/mol. The van der Waals surface area contributed by atoms with Crippen LogP contribution in [-0.2, 0) is 24.2 Å². The number of rotatable bonds is 3. The first-order chi connectivity index (χ1) is 12.0. The monoisotopic (exact) mass is 408 g/mol. The fraction of sp³-hybridized carbons (Fsp3) is 0.882. The van der Waals surface area contributed by atoms with Crippen LogP contribution >= 0.6 is 0 Å². The van der Waals surface area contributed by atoms with Gasteiger partial charge in [-0.25, -0.2) is 22.3 Å². The van der Waals surface area contributed by atoms with Crippen LogP contribution in [0.15, 0.2) is 0 Å². The van der Waals surface area contributed by atoms with Gasteiger partial charge in [0.25, 0.3) is 0 Å². The van der Waals surface area contributed by atoms with E-state index in [0.29, 0.717) is 10.8 Å². The molecule has 0 aromatic rings. The highest BCUT2D eigenvalue weighted by atomic mass is 32.2. The summed E-state index contributed by atoms with van der Waals surface area (Å²) < 4.78 is 41.1. The van der Waals surface area contributed by atoms with Crippen molar-refractivity contribution in [2.45, 2.75) is 71.9 Å². The molecule has 27 heavy (non-hydrogen) atoms. The van der Waals surface area contributed by atoms with Gasteiger partial charge in [-0.15, -0.1) is 0 Å². The number of morpholine rings is 1. The summed E-state index contributed by atoms with van der Waals surface area (Å²) in [7, 11) is -3.88. The second-order valence-electron chi connectivity index (χ2n) is 8.73. The highest BCUT2D eigenvalue weighted by molar-refractivity contribution is 7.88. The van der Waals surface area contributed by atoms with Gasteiger partial charge in [-0.1, -0.05) is 0 Å². The van der Waals surface area contributed by atoms with Crippen molar-refractivity contribution in [2.75, 3.05) is 25.9 Å². The molecule has 2 atom stereocenters. The maximum atomic E-state index is 12.3. The summed E-state index contributed by atoms with van der Waals surface area (Å²) >= 11 is 0. The predicted molar refractivity (Wildman–Crippen MR) is 99.9 cm³/mol. The zero-order valence-corrected chi connectivity index (χ0v) is 18.3. The summed E-state index contributed by atoms with van der Waals surface area (Å²) in [4.78, 5) is 26.1. The predicted octanol–water partition coefficient (Wildman–Crippen LogP) is 2.21. The minimum absolute atomic E-state index is 0.105. The second kappa shape index (κ2) is 8.22. The second-order valence-corrected chi connectivity index (χ2v) is 10.6. The van der Waals surface area contributed by atoms with Crippen molar-refractivity contribution in [3.8, 4) is 0 Å². The molecule has 158 valence electrons. The number of amides is 2. The van der Waals surface area contributed by atoms with E-state index in [-0.39, 0.29) is 19.2 Å². The van der Waals surface area contributed by atoms with Crippen LogP contribution in [0.2, 0.25) is 0 Å². The van der Waals surface area contributed by atoms with E-state index in [9.17, 15) is 18.0 Å². The zero-order valence-electron chi connectivity index (χ0n) is 17.4. The van der Waals surface area contributed by atoms with Crippen molar-refractivity contribution in [2.24, 2.45) is 0 Å². The molecule has 2 amide bonds. The Hall–Kier alpha value is -1.55. The van der Waals surface area contributed by atoms with Crippen LogP contribution in [0.5, 0.6) is 0 Å². The zero-order chi connectivity index (χ0) is 21.2. The summed E-state index contributed by atoms with van der Waals surface area (Å²) in [6.07, 6.45) is -1.59. The Kier molecular flexibility index (Phi) is 7.15. The molecule has 1 saturated heterocycles. The van der Waals surface area contributed by atoms with Crippen molar-refractivity contribution in [3.05, 3.63) is 0 Å². The molecule has 1 aliphatic rings. The first-order valence-electron chi connectivity index (χ1n) is 8.82. The molecule has 0 bridgehead atoms. The molecule has 1 heterocycles. The van der Waals surface area contributed by atoms with Crippen LogP contribution in [0.1, 0.15) is 48.5 Å². The lowest BCUT2D eigenvalue weighted by atomic mass is 10.2. The molecule has 1 fully saturated rings. The molecule has 0 N–H and O–H groups in total. The third-order valence-electron chi connectivity index (χ3n) is 3.34. The largest absolute Gasteiger partial charge is 0.444 e. The van der Waals surface area contributed by atoms with E-state index in [1.165, 1.54) is 4.90 Å². The first-order valence-corrected chi connectivity index (χ1v) is 10.7. The number of ether oxygens (including phenoxy) is 3. The van der Waals surface area contributed by atoms with E-state index in [1.807, 2.05) is 0 Å². The van der Waals surface area contributed by atoms with Gasteiger partial charge in [-0.2, -0.15) is 0 Å². The van der Waals surface area contributed by atoms with Gasteiger partial charge < -0.3 is 19.1 Å². The Morgan fingerprint density at radius 1 is 1.07 bits per heavy atom. The Balaban J connectivity index is 2.91. The van der Waals surface area contributed by atoms with Gasteiger partial charge in [-0.3, -0.25) is 0 Å². The molecule has 0 aromatic heterocycles. The molecule has 0 aromatic carbocycles. The fourth-order valence-electron chi connectivity index (χ4n) is 2.46. The third kappa shape index (κ3) is 8.34. The van der Waals surface area contributed by atoms with Gasteiger partial charge >= 0.3 is 12.2 Å². The standard InChI is InChI=1S/C17H32N2O7S/c1-12-9-18(14(20)25-16(2,3)4)10-13(24-12)11-19(27(8,22)23)15(21)26-17(5,6)7/h12-13H,9-11H2,1-8H3/t12-,13-/m1/s1. The molecule has 1 aliphatic heterocycles. The van der Waals surface area contributed by atoms with Crippen LogP contribution in [0.4, 0.5) is 9.59 Å². The van der Waals surface area contributed by atoms with Crippen molar-refractivity contribution >= 4 is 22.2 Å². The Morgan fingerprint density at radius 3 is 2.04 bits per heavy atom. The molecular formula is C17H32N2O7S. The van der Waals surface area contributed by atoms with E-state index in [2.05, 4.69) is 0 Å². The van der Waals surface area contributed by atoms with Crippen LogP contribution in [-0.4, -0.2) is 79.1 Å². The van der Waals surface area contributed by atoms with Crippen molar-refractivity contribution < 1.29 is 32.2 Å². The molecule has 1 rings (SSSR count). The number of carbonyl (C=O) groups excluding carboxylic acids is 2. The minimum Gasteiger partial charge on any atom is -0.444 e. The number of hydrogen-bond donors (Lipinski definition) is 0. The summed E-state index contributed by atoms with van der Waals surface area (Å²) in [6.45, 7) is 12.2. The quantitative estimate of drug-likeness (QED) is 0.705. The van der Waals surface area contributed by atoms with E-state index in [4.69, 9.17) is 14.2 Å². The molecule has 10 heteroatoms. The first kappa shape index (κ1) is 23.5. The van der Waals surface area contributed by atoms with Crippen LogP contribution in [0, 0.1) is 0 Å². The molecule has 0 radical (unpaired) electrons. The summed E-state index contributed by atoms with van der Waals surface area (Å²) in [5.74, 6) is 0. The molecule has 9 nitrogen and oxygen atoms in total. The Bertz CT molecular complexity index is 649. The van der Waals surface area contributed by atoms with E-state index in [1.54, 1.807) is 48.5 Å². The Morgan fingerprint density at radius 2 is 1.59 bits per heavy atom. The maximum Gasteiger partial charge on any atom is 0.424 e. The van der Waals surface area contributed by atoms with Crippen molar-refractivity contribution in [1.82, 2.24) is 9.21 Å². The molecule has 0 spiro atoms. The van der Waals surface area contributed by atoms with Crippen LogP contribution < -0.4 is 0 Å². The number of sulfonamides is 1. The SMILES string of the molecule is C[C@@H]1CN(C(=O)OC(C)(C)C)C[C@H](CN(C(=O)OC(C)(C)C)S(C)(=O)=O)O1. The van der Waals surface area contributed by atoms with Gasteiger partial charge in [0.2, 0.25) is 10.0 Å².